The molecule has 0 amide bonds. The molecule has 0 aromatic heterocycles. The minimum absolute atomic E-state index is 0.529. The fraction of sp³-hybridized carbons (Fsp3) is 0.688. The molecular formula is C16H29N5. The molecule has 1 saturated heterocycles. The van der Waals surface area contributed by atoms with Gasteiger partial charge in [-0.2, -0.15) is 0 Å². The summed E-state index contributed by atoms with van der Waals surface area (Å²) in [6, 6.07) is 0.529. The number of amidine groups is 1. The average molecular weight is 291 g/mol. The van der Waals surface area contributed by atoms with E-state index in [1.807, 2.05) is 13.1 Å². The second-order valence-corrected chi connectivity index (χ2v) is 6.03. The number of hydrogen-bond acceptors (Lipinski definition) is 4. The van der Waals surface area contributed by atoms with Gasteiger partial charge in [0, 0.05) is 25.7 Å². The normalized spacial score (nSPS) is 24.1. The van der Waals surface area contributed by atoms with Crippen LogP contribution < -0.4 is 16.4 Å². The third-order valence-electron chi connectivity index (χ3n) is 4.48. The summed E-state index contributed by atoms with van der Waals surface area (Å²) in [6.45, 7) is 6.99. The first-order chi connectivity index (χ1) is 10.2. The summed E-state index contributed by atoms with van der Waals surface area (Å²) < 4.78 is 0. The monoisotopic (exact) mass is 291 g/mol. The van der Waals surface area contributed by atoms with Gasteiger partial charge in [-0.3, -0.25) is 0 Å². The molecule has 2 fully saturated rings. The van der Waals surface area contributed by atoms with E-state index in [2.05, 4.69) is 27.1 Å². The highest BCUT2D eigenvalue weighted by molar-refractivity contribution is 5.93. The fourth-order valence-electron chi connectivity index (χ4n) is 3.16. The summed E-state index contributed by atoms with van der Waals surface area (Å²) in [4.78, 5) is 6.88. The SMILES string of the molecule is C=C(N=C(/C=C\N)N1CC[C@@H](NC)C1)NCC1CCCC1. The van der Waals surface area contributed by atoms with Gasteiger partial charge in [-0.15, -0.1) is 0 Å². The number of hydrogen-bond donors (Lipinski definition) is 3. The molecule has 21 heavy (non-hydrogen) atoms. The molecule has 0 spiro atoms. The van der Waals surface area contributed by atoms with E-state index in [-0.39, 0.29) is 0 Å². The molecule has 118 valence electrons. The standard InChI is InChI=1S/C16H29N5/c1-13(19-11-14-5-3-4-6-14)20-16(7-9-17)21-10-8-15(12-21)18-2/h7,9,14-15,18-19H,1,3-6,8,10-12,17H2,2H3/b9-7-,20-16?/t15-/m1/s1. The quantitative estimate of drug-likeness (QED) is 0.511. The van der Waals surface area contributed by atoms with Crippen LogP contribution in [0.4, 0.5) is 0 Å². The van der Waals surface area contributed by atoms with E-state index in [1.54, 1.807) is 6.20 Å². The summed E-state index contributed by atoms with van der Waals surface area (Å²) in [5.41, 5.74) is 5.56. The molecule has 1 aliphatic carbocycles. The van der Waals surface area contributed by atoms with Crippen LogP contribution in [0, 0.1) is 5.92 Å². The summed E-state index contributed by atoms with van der Waals surface area (Å²) in [5, 5.41) is 6.68. The maximum Gasteiger partial charge on any atom is 0.132 e. The van der Waals surface area contributed by atoms with Crippen LogP contribution in [0.25, 0.3) is 0 Å². The van der Waals surface area contributed by atoms with Gasteiger partial charge >= 0.3 is 0 Å². The zero-order chi connectivity index (χ0) is 15.1. The average Bonchev–Trinajstić information content (AvgIpc) is 3.16. The van der Waals surface area contributed by atoms with Crippen molar-refractivity contribution in [3.05, 3.63) is 24.7 Å². The molecule has 0 unspecified atom stereocenters. The van der Waals surface area contributed by atoms with E-state index >= 15 is 0 Å². The minimum Gasteiger partial charge on any atom is -0.404 e. The number of likely N-dealkylation sites (tertiary alicyclic amines) is 1. The molecule has 0 bridgehead atoms. The zero-order valence-corrected chi connectivity index (χ0v) is 13.1. The van der Waals surface area contributed by atoms with Crippen LogP contribution >= 0.6 is 0 Å². The maximum atomic E-state index is 5.56. The smallest absolute Gasteiger partial charge is 0.132 e. The van der Waals surface area contributed by atoms with E-state index in [4.69, 9.17) is 5.73 Å². The lowest BCUT2D eigenvalue weighted by Gasteiger charge is -2.19. The summed E-state index contributed by atoms with van der Waals surface area (Å²) in [7, 11) is 2.01. The van der Waals surface area contributed by atoms with Gasteiger partial charge in [0.15, 0.2) is 0 Å². The number of aliphatic imine (C=N–C) groups is 1. The van der Waals surface area contributed by atoms with Crippen LogP contribution in [0.1, 0.15) is 32.1 Å². The van der Waals surface area contributed by atoms with Crippen molar-refractivity contribution in [2.75, 3.05) is 26.7 Å². The highest BCUT2D eigenvalue weighted by atomic mass is 15.2. The van der Waals surface area contributed by atoms with Crippen molar-refractivity contribution < 1.29 is 0 Å². The first-order valence-corrected chi connectivity index (χ1v) is 8.05. The number of nitrogens with two attached hydrogens (primary N) is 1. The number of nitrogens with zero attached hydrogens (tertiary/aromatic N) is 2. The Morgan fingerprint density at radius 1 is 1.38 bits per heavy atom. The molecule has 1 atom stereocenters. The molecule has 0 aromatic carbocycles. The topological polar surface area (TPSA) is 65.7 Å². The third kappa shape index (κ3) is 4.77. The van der Waals surface area contributed by atoms with Gasteiger partial charge in [-0.1, -0.05) is 19.4 Å². The number of rotatable bonds is 6. The van der Waals surface area contributed by atoms with Crippen LogP contribution in [-0.2, 0) is 0 Å². The van der Waals surface area contributed by atoms with E-state index in [9.17, 15) is 0 Å². The first kappa shape index (κ1) is 15.9. The largest absolute Gasteiger partial charge is 0.404 e. The molecule has 5 nitrogen and oxygen atoms in total. The number of likely N-dealkylation sites (N-methyl/N-ethyl adjacent to an activating group) is 1. The Hall–Kier alpha value is -1.49. The van der Waals surface area contributed by atoms with Gasteiger partial charge in [0.2, 0.25) is 0 Å². The van der Waals surface area contributed by atoms with Crippen LogP contribution in [0.15, 0.2) is 29.7 Å². The van der Waals surface area contributed by atoms with Crippen molar-refractivity contribution in [2.24, 2.45) is 16.6 Å². The van der Waals surface area contributed by atoms with E-state index < -0.39 is 0 Å². The van der Waals surface area contributed by atoms with Gasteiger partial charge in [-0.05, 0) is 44.5 Å². The van der Waals surface area contributed by atoms with Crippen molar-refractivity contribution in [1.82, 2.24) is 15.5 Å². The lowest BCUT2D eigenvalue weighted by atomic mass is 10.1. The van der Waals surface area contributed by atoms with Crippen molar-refractivity contribution >= 4 is 5.84 Å². The number of nitrogens with one attached hydrogen (secondary N) is 2. The van der Waals surface area contributed by atoms with Crippen molar-refractivity contribution in [3.8, 4) is 0 Å². The van der Waals surface area contributed by atoms with Crippen molar-refractivity contribution in [2.45, 2.75) is 38.1 Å². The predicted molar refractivity (Wildman–Crippen MR) is 88.9 cm³/mol. The van der Waals surface area contributed by atoms with Gasteiger partial charge in [-0.25, -0.2) is 4.99 Å². The van der Waals surface area contributed by atoms with Gasteiger partial charge in [0.05, 0.1) is 0 Å². The predicted octanol–water partition coefficient (Wildman–Crippen LogP) is 1.40. The molecule has 4 N–H and O–H groups in total. The lowest BCUT2D eigenvalue weighted by Crippen LogP contribution is -2.33. The van der Waals surface area contributed by atoms with E-state index in [0.29, 0.717) is 6.04 Å². The van der Waals surface area contributed by atoms with Gasteiger partial charge in [0.25, 0.3) is 0 Å². The maximum absolute atomic E-state index is 5.56. The van der Waals surface area contributed by atoms with E-state index in [0.717, 1.165) is 43.6 Å². The van der Waals surface area contributed by atoms with Crippen LogP contribution in [-0.4, -0.2) is 43.5 Å². The van der Waals surface area contributed by atoms with Crippen LogP contribution in [0.5, 0.6) is 0 Å². The second-order valence-electron chi connectivity index (χ2n) is 6.03. The Labute approximate surface area is 128 Å². The summed E-state index contributed by atoms with van der Waals surface area (Å²) >= 11 is 0. The molecule has 0 radical (unpaired) electrons. The Morgan fingerprint density at radius 2 is 2.14 bits per heavy atom. The van der Waals surface area contributed by atoms with Crippen molar-refractivity contribution in [3.63, 3.8) is 0 Å². The highest BCUT2D eigenvalue weighted by Gasteiger charge is 2.22. The van der Waals surface area contributed by atoms with E-state index in [1.165, 1.54) is 25.7 Å². The third-order valence-corrected chi connectivity index (χ3v) is 4.48. The van der Waals surface area contributed by atoms with Crippen LogP contribution in [0.3, 0.4) is 0 Å². The van der Waals surface area contributed by atoms with Gasteiger partial charge in [0.1, 0.15) is 11.7 Å². The molecule has 1 heterocycles. The summed E-state index contributed by atoms with van der Waals surface area (Å²) in [5.74, 6) is 2.42. The summed E-state index contributed by atoms with van der Waals surface area (Å²) in [6.07, 6.45) is 9.93. The Morgan fingerprint density at radius 3 is 2.76 bits per heavy atom. The second kappa shape index (κ2) is 8.08. The molecular weight excluding hydrogens is 262 g/mol. The molecule has 2 rings (SSSR count). The molecule has 5 heteroatoms. The van der Waals surface area contributed by atoms with Crippen LogP contribution in [0.2, 0.25) is 0 Å². The fourth-order valence-corrected chi connectivity index (χ4v) is 3.16. The zero-order valence-electron chi connectivity index (χ0n) is 13.1. The molecule has 2 aliphatic rings. The van der Waals surface area contributed by atoms with Gasteiger partial charge < -0.3 is 21.3 Å². The Bertz CT molecular complexity index is 395. The molecule has 1 saturated carbocycles. The minimum atomic E-state index is 0.529. The Kier molecular flexibility index (Phi) is 6.11. The molecule has 1 aliphatic heterocycles. The Balaban J connectivity index is 1.88. The lowest BCUT2D eigenvalue weighted by molar-refractivity contribution is 0.491. The highest BCUT2D eigenvalue weighted by Crippen LogP contribution is 2.23. The van der Waals surface area contributed by atoms with Crippen molar-refractivity contribution in [1.29, 1.82) is 0 Å². The molecule has 0 aromatic rings. The first-order valence-electron chi connectivity index (χ1n) is 8.05.